The summed E-state index contributed by atoms with van der Waals surface area (Å²) in [5.74, 6) is -2.06. The van der Waals surface area contributed by atoms with E-state index in [-0.39, 0.29) is 13.0 Å². The van der Waals surface area contributed by atoms with Crippen molar-refractivity contribution in [3.8, 4) is 0 Å². The first-order valence-corrected chi connectivity index (χ1v) is 10.6. The van der Waals surface area contributed by atoms with E-state index in [0.29, 0.717) is 12.8 Å². The predicted octanol–water partition coefficient (Wildman–Crippen LogP) is 4.61. The minimum Gasteiger partial charge on any atom is -0.481 e. The van der Waals surface area contributed by atoms with Crippen LogP contribution in [-0.4, -0.2) is 45.1 Å². The molecule has 4 N–H and O–H groups in total. The van der Waals surface area contributed by atoms with E-state index in [1.807, 2.05) is 0 Å². The molecular weight excluding hydrogens is 348 g/mol. The van der Waals surface area contributed by atoms with Crippen molar-refractivity contribution in [2.24, 2.45) is 5.92 Å². The van der Waals surface area contributed by atoms with Gasteiger partial charge in [-0.1, -0.05) is 78.1 Å². The Morgan fingerprint density at radius 1 is 0.778 bits per heavy atom. The molecule has 0 spiro atoms. The second-order valence-electron chi connectivity index (χ2n) is 7.22. The quantitative estimate of drug-likeness (QED) is 0.270. The second-order valence-corrected chi connectivity index (χ2v) is 7.22. The predicted molar refractivity (Wildman–Crippen MR) is 108 cm³/mol. The summed E-state index contributed by atoms with van der Waals surface area (Å²) in [6.07, 6.45) is 12.5. The van der Waals surface area contributed by atoms with E-state index in [9.17, 15) is 14.7 Å². The number of carbonyl (C=O) groups is 2. The maximum Gasteiger partial charge on any atom is 0.306 e. The van der Waals surface area contributed by atoms with Gasteiger partial charge in [0.2, 0.25) is 0 Å². The van der Waals surface area contributed by atoms with Gasteiger partial charge in [0.1, 0.15) is 0 Å². The Morgan fingerprint density at radius 3 is 1.70 bits per heavy atom. The first-order valence-electron chi connectivity index (χ1n) is 10.6. The van der Waals surface area contributed by atoms with Crippen LogP contribution in [0.5, 0.6) is 0 Å². The first kappa shape index (κ1) is 28.1. The van der Waals surface area contributed by atoms with Crippen molar-refractivity contribution in [3.05, 3.63) is 0 Å². The van der Waals surface area contributed by atoms with Crippen LogP contribution < -0.4 is 0 Å². The third kappa shape index (κ3) is 22.8. The van der Waals surface area contributed by atoms with Gasteiger partial charge < -0.3 is 20.4 Å². The molecule has 0 aromatic heterocycles. The zero-order valence-electron chi connectivity index (χ0n) is 17.4. The molecule has 0 aliphatic carbocycles. The van der Waals surface area contributed by atoms with Crippen LogP contribution in [-0.2, 0) is 9.59 Å². The number of aliphatic carboxylic acids is 2. The molecule has 27 heavy (non-hydrogen) atoms. The Morgan fingerprint density at radius 2 is 1.26 bits per heavy atom. The van der Waals surface area contributed by atoms with Gasteiger partial charge in [0.25, 0.3) is 0 Å². The average Bonchev–Trinajstić information content (AvgIpc) is 2.63. The summed E-state index contributed by atoms with van der Waals surface area (Å²) in [4.78, 5) is 21.0. The number of hydrogen-bond acceptors (Lipinski definition) is 4. The maximum atomic E-state index is 10.9. The largest absolute Gasteiger partial charge is 0.481 e. The molecule has 2 unspecified atom stereocenters. The number of carboxylic acids is 2. The molecule has 6 heteroatoms. The highest BCUT2D eigenvalue weighted by Gasteiger charge is 2.20. The van der Waals surface area contributed by atoms with E-state index in [2.05, 4.69) is 13.8 Å². The van der Waals surface area contributed by atoms with Crippen LogP contribution in [0.3, 0.4) is 0 Å². The minimum absolute atomic E-state index is 0.154. The monoisotopic (exact) mass is 390 g/mol. The summed E-state index contributed by atoms with van der Waals surface area (Å²) in [7, 11) is 0. The molecule has 0 aliphatic rings. The number of carboxylic acid groups (broad SMARTS) is 2. The second kappa shape index (κ2) is 21.2. The molecule has 0 aromatic rings. The lowest BCUT2D eigenvalue weighted by molar-refractivity contribution is -0.143. The van der Waals surface area contributed by atoms with Crippen LogP contribution in [0.1, 0.15) is 104 Å². The normalized spacial score (nSPS) is 12.7. The lowest BCUT2D eigenvalue weighted by Gasteiger charge is -2.15. The van der Waals surface area contributed by atoms with Crippen LogP contribution in [0.2, 0.25) is 0 Å². The molecular formula is C21H42O6. The fraction of sp³-hybridized carbons (Fsp3) is 0.905. The summed E-state index contributed by atoms with van der Waals surface area (Å²) in [6.45, 7) is 3.95. The Bertz CT molecular complexity index is 346. The van der Waals surface area contributed by atoms with Crippen molar-refractivity contribution in [3.63, 3.8) is 0 Å². The Labute approximate surface area is 165 Å². The number of aliphatic hydroxyl groups is 2. The SMILES string of the molecule is CCCCCCCC(=O)O.CCCCCCCCC(CC(O)CO)C(=O)O. The Balaban J connectivity index is 0. The van der Waals surface area contributed by atoms with Crippen LogP contribution >= 0.6 is 0 Å². The number of rotatable bonds is 17. The Kier molecular flexibility index (Phi) is 22.0. The van der Waals surface area contributed by atoms with Crippen molar-refractivity contribution in [1.29, 1.82) is 0 Å². The molecule has 0 amide bonds. The standard InChI is InChI=1S/C13H26O4.C8H16O2/c1-2-3-4-5-6-7-8-11(13(16)17)9-12(15)10-14;1-2-3-4-5-6-7-8(9)10/h11-12,14-15H,2-10H2,1H3,(H,16,17);2-7H2,1H3,(H,9,10). The topological polar surface area (TPSA) is 115 Å². The van der Waals surface area contributed by atoms with E-state index in [0.717, 1.165) is 32.1 Å². The van der Waals surface area contributed by atoms with E-state index in [1.165, 1.54) is 38.5 Å². The third-order valence-electron chi connectivity index (χ3n) is 4.52. The molecule has 0 radical (unpaired) electrons. The van der Waals surface area contributed by atoms with Gasteiger partial charge in [-0.15, -0.1) is 0 Å². The lowest BCUT2D eigenvalue weighted by Crippen LogP contribution is -2.23. The number of unbranched alkanes of at least 4 members (excludes halogenated alkanes) is 9. The smallest absolute Gasteiger partial charge is 0.306 e. The van der Waals surface area contributed by atoms with E-state index < -0.39 is 24.0 Å². The fourth-order valence-corrected chi connectivity index (χ4v) is 2.80. The number of hydrogen-bond donors (Lipinski definition) is 4. The van der Waals surface area contributed by atoms with Crippen molar-refractivity contribution < 1.29 is 30.0 Å². The van der Waals surface area contributed by atoms with Crippen molar-refractivity contribution in [1.82, 2.24) is 0 Å². The van der Waals surface area contributed by atoms with Crippen molar-refractivity contribution in [2.45, 2.75) is 110 Å². The highest BCUT2D eigenvalue weighted by molar-refractivity contribution is 5.69. The highest BCUT2D eigenvalue weighted by Crippen LogP contribution is 2.17. The van der Waals surface area contributed by atoms with Gasteiger partial charge in [0.15, 0.2) is 0 Å². The van der Waals surface area contributed by atoms with E-state index in [4.69, 9.17) is 15.3 Å². The molecule has 0 saturated heterocycles. The minimum atomic E-state index is -0.906. The van der Waals surface area contributed by atoms with Gasteiger partial charge in [-0.05, 0) is 19.3 Å². The van der Waals surface area contributed by atoms with Crippen LogP contribution in [0.25, 0.3) is 0 Å². The van der Waals surface area contributed by atoms with Crippen LogP contribution in [0.15, 0.2) is 0 Å². The molecule has 6 nitrogen and oxygen atoms in total. The summed E-state index contributed by atoms with van der Waals surface area (Å²) in [5, 5.41) is 35.2. The van der Waals surface area contributed by atoms with Gasteiger partial charge >= 0.3 is 11.9 Å². The molecule has 0 heterocycles. The van der Waals surface area contributed by atoms with E-state index >= 15 is 0 Å². The summed E-state index contributed by atoms with van der Waals surface area (Å²) >= 11 is 0. The molecule has 0 saturated carbocycles. The zero-order chi connectivity index (χ0) is 20.9. The zero-order valence-corrected chi connectivity index (χ0v) is 17.4. The van der Waals surface area contributed by atoms with Gasteiger partial charge in [-0.2, -0.15) is 0 Å². The average molecular weight is 391 g/mol. The van der Waals surface area contributed by atoms with Crippen LogP contribution in [0.4, 0.5) is 0 Å². The molecule has 0 rings (SSSR count). The molecule has 0 aliphatic heterocycles. The number of aliphatic hydroxyl groups excluding tert-OH is 2. The maximum absolute atomic E-state index is 10.9. The summed E-state index contributed by atoms with van der Waals surface area (Å²) in [6, 6.07) is 0. The van der Waals surface area contributed by atoms with E-state index in [1.54, 1.807) is 0 Å². The molecule has 0 fully saturated rings. The Hall–Kier alpha value is -1.14. The van der Waals surface area contributed by atoms with Crippen LogP contribution in [0, 0.1) is 5.92 Å². The van der Waals surface area contributed by atoms with Gasteiger partial charge in [-0.25, -0.2) is 0 Å². The molecule has 162 valence electrons. The summed E-state index contributed by atoms with van der Waals surface area (Å²) in [5.41, 5.74) is 0. The lowest BCUT2D eigenvalue weighted by atomic mass is 9.95. The molecule has 0 aromatic carbocycles. The molecule has 2 atom stereocenters. The molecule has 0 bridgehead atoms. The van der Waals surface area contributed by atoms with Gasteiger partial charge in [-0.3, -0.25) is 9.59 Å². The third-order valence-corrected chi connectivity index (χ3v) is 4.52. The van der Waals surface area contributed by atoms with Gasteiger partial charge in [0.05, 0.1) is 18.6 Å². The van der Waals surface area contributed by atoms with Gasteiger partial charge in [0, 0.05) is 6.42 Å². The summed E-state index contributed by atoms with van der Waals surface area (Å²) < 4.78 is 0. The fourth-order valence-electron chi connectivity index (χ4n) is 2.80. The van der Waals surface area contributed by atoms with Crippen molar-refractivity contribution >= 4 is 11.9 Å². The highest BCUT2D eigenvalue weighted by atomic mass is 16.4. The van der Waals surface area contributed by atoms with Crippen molar-refractivity contribution in [2.75, 3.05) is 6.61 Å². The first-order chi connectivity index (χ1) is 12.9.